The quantitative estimate of drug-likeness (QED) is 0.808. The van der Waals surface area contributed by atoms with E-state index >= 15 is 0 Å². The summed E-state index contributed by atoms with van der Waals surface area (Å²) in [6.45, 7) is 8.60. The van der Waals surface area contributed by atoms with Crippen molar-refractivity contribution in [3.8, 4) is 5.75 Å². The monoisotopic (exact) mass is 368 g/mol. The highest BCUT2D eigenvalue weighted by Crippen LogP contribution is 2.25. The maximum Gasteiger partial charge on any atom is 0.251 e. The van der Waals surface area contributed by atoms with Crippen LogP contribution in [0.25, 0.3) is 0 Å². The molecule has 2 aromatic carbocycles. The highest BCUT2D eigenvalue weighted by molar-refractivity contribution is 5.95. The number of aryl methyl sites for hydroxylation is 1. The van der Waals surface area contributed by atoms with E-state index in [4.69, 9.17) is 4.74 Å². The minimum absolute atomic E-state index is 0.0456. The standard InChI is InChI=1S/C22H28N2O3/c1-15-6-11-19(27-5)18(14-15)24-20(25)12-13-23-21(26)16-7-9-17(10-8-16)22(2,3)4/h6-11,14H,12-13H2,1-5H3,(H,23,26)(H,24,25). The predicted molar refractivity (Wildman–Crippen MR) is 108 cm³/mol. The number of benzene rings is 2. The van der Waals surface area contributed by atoms with Crippen LogP contribution in [-0.2, 0) is 10.2 Å². The van der Waals surface area contributed by atoms with Gasteiger partial charge in [-0.2, -0.15) is 0 Å². The van der Waals surface area contributed by atoms with Crippen LogP contribution in [0.15, 0.2) is 42.5 Å². The maximum absolute atomic E-state index is 12.2. The molecule has 0 fully saturated rings. The molecule has 5 nitrogen and oxygen atoms in total. The lowest BCUT2D eigenvalue weighted by Gasteiger charge is -2.19. The van der Waals surface area contributed by atoms with Crippen LogP contribution in [0, 0.1) is 6.92 Å². The first-order valence-electron chi connectivity index (χ1n) is 9.04. The number of nitrogens with one attached hydrogen (secondary N) is 2. The van der Waals surface area contributed by atoms with Crippen molar-refractivity contribution >= 4 is 17.5 Å². The molecule has 144 valence electrons. The van der Waals surface area contributed by atoms with Crippen LogP contribution in [0.5, 0.6) is 5.75 Å². The van der Waals surface area contributed by atoms with E-state index in [1.54, 1.807) is 7.11 Å². The smallest absolute Gasteiger partial charge is 0.251 e. The molecule has 0 heterocycles. The van der Waals surface area contributed by atoms with Gasteiger partial charge in [0.1, 0.15) is 5.75 Å². The highest BCUT2D eigenvalue weighted by Gasteiger charge is 2.14. The Morgan fingerprint density at radius 1 is 1.04 bits per heavy atom. The zero-order valence-electron chi connectivity index (χ0n) is 16.7. The van der Waals surface area contributed by atoms with Crippen molar-refractivity contribution in [1.29, 1.82) is 0 Å². The topological polar surface area (TPSA) is 67.4 Å². The number of carbonyl (C=O) groups excluding carboxylic acids is 2. The average Bonchev–Trinajstić information content (AvgIpc) is 2.61. The first-order valence-corrected chi connectivity index (χ1v) is 9.04. The molecule has 27 heavy (non-hydrogen) atoms. The summed E-state index contributed by atoms with van der Waals surface area (Å²) in [4.78, 5) is 24.4. The van der Waals surface area contributed by atoms with Gasteiger partial charge in [-0.15, -0.1) is 0 Å². The van der Waals surface area contributed by atoms with Crippen LogP contribution in [0.1, 0.15) is 48.7 Å². The molecule has 0 aliphatic carbocycles. The van der Waals surface area contributed by atoms with E-state index in [2.05, 4.69) is 31.4 Å². The van der Waals surface area contributed by atoms with Gasteiger partial charge >= 0.3 is 0 Å². The molecule has 0 unspecified atom stereocenters. The molecular formula is C22H28N2O3. The van der Waals surface area contributed by atoms with E-state index < -0.39 is 0 Å². The molecule has 5 heteroatoms. The van der Waals surface area contributed by atoms with Gasteiger partial charge < -0.3 is 15.4 Å². The van der Waals surface area contributed by atoms with Gasteiger partial charge in [-0.3, -0.25) is 9.59 Å². The average molecular weight is 368 g/mol. The van der Waals surface area contributed by atoms with Crippen LogP contribution in [0.4, 0.5) is 5.69 Å². The summed E-state index contributed by atoms with van der Waals surface area (Å²) in [6.07, 6.45) is 0.183. The summed E-state index contributed by atoms with van der Waals surface area (Å²) in [6, 6.07) is 13.1. The van der Waals surface area contributed by atoms with E-state index in [9.17, 15) is 9.59 Å². The molecule has 0 aromatic heterocycles. The molecule has 2 amide bonds. The largest absolute Gasteiger partial charge is 0.495 e. The highest BCUT2D eigenvalue weighted by atomic mass is 16.5. The summed E-state index contributed by atoms with van der Waals surface area (Å²) in [5.41, 5.74) is 3.46. The Morgan fingerprint density at radius 2 is 1.70 bits per heavy atom. The fourth-order valence-electron chi connectivity index (χ4n) is 2.65. The van der Waals surface area contributed by atoms with Crippen LogP contribution in [-0.4, -0.2) is 25.5 Å². The Balaban J connectivity index is 1.86. The van der Waals surface area contributed by atoms with E-state index in [1.807, 2.05) is 49.4 Å². The maximum atomic E-state index is 12.2. The van der Waals surface area contributed by atoms with Crippen LogP contribution >= 0.6 is 0 Å². The second-order valence-corrected chi connectivity index (χ2v) is 7.59. The number of ether oxygens (including phenoxy) is 1. The first-order chi connectivity index (χ1) is 12.7. The second-order valence-electron chi connectivity index (χ2n) is 7.59. The second kappa shape index (κ2) is 8.71. The van der Waals surface area contributed by atoms with Crippen molar-refractivity contribution in [2.24, 2.45) is 0 Å². The molecular weight excluding hydrogens is 340 g/mol. The SMILES string of the molecule is COc1ccc(C)cc1NC(=O)CCNC(=O)c1ccc(C(C)(C)C)cc1. The summed E-state index contributed by atoms with van der Waals surface area (Å²) in [5, 5.41) is 5.61. The van der Waals surface area contributed by atoms with Gasteiger partial charge in [0.25, 0.3) is 5.91 Å². The number of rotatable bonds is 6. The number of amides is 2. The summed E-state index contributed by atoms with van der Waals surface area (Å²) >= 11 is 0. The Bertz CT molecular complexity index is 805. The van der Waals surface area contributed by atoms with Gasteiger partial charge in [0.2, 0.25) is 5.91 Å². The van der Waals surface area contributed by atoms with E-state index in [0.717, 1.165) is 5.56 Å². The van der Waals surface area contributed by atoms with Crippen LogP contribution in [0.2, 0.25) is 0 Å². The molecule has 2 N–H and O–H groups in total. The van der Waals surface area contributed by atoms with Crippen molar-refractivity contribution in [3.05, 3.63) is 59.2 Å². The van der Waals surface area contributed by atoms with Gasteiger partial charge in [0, 0.05) is 18.5 Å². The molecule has 2 aromatic rings. The molecule has 0 bridgehead atoms. The lowest BCUT2D eigenvalue weighted by atomic mass is 9.87. The molecule has 0 saturated carbocycles. The van der Waals surface area contributed by atoms with E-state index in [1.165, 1.54) is 5.56 Å². The number of methoxy groups -OCH3 is 1. The number of hydrogen-bond acceptors (Lipinski definition) is 3. The van der Waals surface area contributed by atoms with Crippen molar-refractivity contribution in [2.75, 3.05) is 19.0 Å². The summed E-state index contributed by atoms with van der Waals surface area (Å²) in [7, 11) is 1.56. The Hall–Kier alpha value is -2.82. The van der Waals surface area contributed by atoms with Crippen molar-refractivity contribution in [3.63, 3.8) is 0 Å². The van der Waals surface area contributed by atoms with Crippen LogP contribution < -0.4 is 15.4 Å². The zero-order chi connectivity index (χ0) is 20.0. The summed E-state index contributed by atoms with van der Waals surface area (Å²) in [5.74, 6) is 0.246. The van der Waals surface area contributed by atoms with E-state index in [0.29, 0.717) is 17.0 Å². The molecule has 0 radical (unpaired) electrons. The lowest BCUT2D eigenvalue weighted by Crippen LogP contribution is -2.27. The lowest BCUT2D eigenvalue weighted by molar-refractivity contribution is -0.116. The fraction of sp³-hybridized carbons (Fsp3) is 0.364. The zero-order valence-corrected chi connectivity index (χ0v) is 16.7. The van der Waals surface area contributed by atoms with E-state index in [-0.39, 0.29) is 30.2 Å². The first kappa shape index (κ1) is 20.5. The molecule has 0 atom stereocenters. The van der Waals surface area contributed by atoms with Crippen molar-refractivity contribution in [2.45, 2.75) is 39.5 Å². The number of hydrogen-bond donors (Lipinski definition) is 2. The van der Waals surface area contributed by atoms with Gasteiger partial charge in [-0.25, -0.2) is 0 Å². The van der Waals surface area contributed by atoms with Crippen molar-refractivity contribution in [1.82, 2.24) is 5.32 Å². The molecule has 0 aliphatic heterocycles. The van der Waals surface area contributed by atoms with Crippen molar-refractivity contribution < 1.29 is 14.3 Å². The number of anilines is 1. The minimum Gasteiger partial charge on any atom is -0.495 e. The third-order valence-electron chi connectivity index (χ3n) is 4.28. The van der Waals surface area contributed by atoms with Gasteiger partial charge in [-0.1, -0.05) is 39.0 Å². The predicted octanol–water partition coefficient (Wildman–Crippen LogP) is 4.06. The third kappa shape index (κ3) is 5.84. The fourth-order valence-corrected chi connectivity index (χ4v) is 2.65. The van der Waals surface area contributed by atoms with Gasteiger partial charge in [-0.05, 0) is 47.7 Å². The molecule has 0 spiro atoms. The molecule has 0 saturated heterocycles. The molecule has 0 aliphatic rings. The van der Waals surface area contributed by atoms with Gasteiger partial charge in [0.15, 0.2) is 0 Å². The Morgan fingerprint density at radius 3 is 2.30 bits per heavy atom. The van der Waals surface area contributed by atoms with Crippen LogP contribution in [0.3, 0.4) is 0 Å². The Labute approximate surface area is 161 Å². The number of carbonyl (C=O) groups is 2. The third-order valence-corrected chi connectivity index (χ3v) is 4.28. The Kier molecular flexibility index (Phi) is 6.61. The minimum atomic E-state index is -0.184. The normalized spacial score (nSPS) is 11.0. The van der Waals surface area contributed by atoms with Gasteiger partial charge in [0.05, 0.1) is 12.8 Å². The summed E-state index contributed by atoms with van der Waals surface area (Å²) < 4.78 is 5.25. The molecule has 2 rings (SSSR count).